The summed E-state index contributed by atoms with van der Waals surface area (Å²) in [5.41, 5.74) is 0. The fraction of sp³-hybridized carbons (Fsp3) is 0. The van der Waals surface area contributed by atoms with Gasteiger partial charge in [0, 0.05) is 12.3 Å². The van der Waals surface area contributed by atoms with Gasteiger partial charge in [0.1, 0.15) is 5.76 Å². The summed E-state index contributed by atoms with van der Waals surface area (Å²) in [7, 11) is 0. The number of pyridine rings is 1. The van der Waals surface area contributed by atoms with Crippen LogP contribution < -0.4 is 5.32 Å². The predicted molar refractivity (Wildman–Crippen MR) is 65.6 cm³/mol. The van der Waals surface area contributed by atoms with Crippen LogP contribution in [0.15, 0.2) is 47.2 Å². The number of carbonyl (C=O) groups is 1. The van der Waals surface area contributed by atoms with Crippen LogP contribution in [-0.2, 0) is 4.79 Å². The van der Waals surface area contributed by atoms with Crippen LogP contribution in [0.25, 0.3) is 6.08 Å². The van der Waals surface area contributed by atoms with Crippen LogP contribution in [0, 0.1) is 0 Å². The molecule has 2 aromatic rings. The Balaban J connectivity index is 2.01. The normalized spacial score (nSPS) is 10.6. The lowest BCUT2D eigenvalue weighted by molar-refractivity contribution is -0.111. The molecule has 0 radical (unpaired) electrons. The van der Waals surface area contributed by atoms with Gasteiger partial charge in [-0.15, -0.1) is 0 Å². The van der Waals surface area contributed by atoms with E-state index in [-0.39, 0.29) is 5.91 Å². The van der Waals surface area contributed by atoms with Crippen LogP contribution in [0.1, 0.15) is 5.76 Å². The van der Waals surface area contributed by atoms with Crippen LogP contribution in [0.5, 0.6) is 0 Å². The van der Waals surface area contributed by atoms with Gasteiger partial charge in [-0.05, 0) is 30.3 Å². The molecule has 2 rings (SSSR count). The molecule has 0 aromatic carbocycles. The van der Waals surface area contributed by atoms with Gasteiger partial charge in [0.15, 0.2) is 5.82 Å². The molecule has 0 saturated carbocycles. The molecule has 1 N–H and O–H groups in total. The van der Waals surface area contributed by atoms with E-state index in [0.29, 0.717) is 16.6 Å². The van der Waals surface area contributed by atoms with Gasteiger partial charge in [-0.3, -0.25) is 4.79 Å². The van der Waals surface area contributed by atoms with E-state index in [4.69, 9.17) is 16.0 Å². The first-order valence-corrected chi connectivity index (χ1v) is 5.26. The Hall–Kier alpha value is -2.07. The maximum absolute atomic E-state index is 11.5. The lowest BCUT2D eigenvalue weighted by atomic mass is 10.4. The molecule has 17 heavy (non-hydrogen) atoms. The summed E-state index contributed by atoms with van der Waals surface area (Å²) >= 11 is 5.85. The van der Waals surface area contributed by atoms with Gasteiger partial charge in [0.25, 0.3) is 0 Å². The summed E-state index contributed by atoms with van der Waals surface area (Å²) in [6.07, 6.45) is 6.00. The highest BCUT2D eigenvalue weighted by Crippen LogP contribution is 2.17. The van der Waals surface area contributed by atoms with Crippen molar-refractivity contribution in [3.8, 4) is 0 Å². The molecule has 0 aliphatic rings. The number of nitrogens with one attached hydrogen (secondary N) is 1. The quantitative estimate of drug-likeness (QED) is 0.850. The van der Waals surface area contributed by atoms with E-state index >= 15 is 0 Å². The Morgan fingerprint density at radius 2 is 2.29 bits per heavy atom. The van der Waals surface area contributed by atoms with Crippen LogP contribution in [-0.4, -0.2) is 10.9 Å². The molecule has 1 amide bonds. The topological polar surface area (TPSA) is 55.1 Å². The van der Waals surface area contributed by atoms with Gasteiger partial charge in [-0.25, -0.2) is 4.98 Å². The molecule has 0 bridgehead atoms. The average molecular weight is 249 g/mol. The standard InChI is InChI=1S/C12H9ClN2O2/c13-10-4-1-7-14-12(10)15-11(16)6-5-9-3-2-8-17-9/h1-8H,(H,14,15,16)/b6-5+. The number of hydrogen-bond acceptors (Lipinski definition) is 3. The van der Waals surface area contributed by atoms with Gasteiger partial charge in [-0.1, -0.05) is 11.6 Å². The molecule has 0 unspecified atom stereocenters. The summed E-state index contributed by atoms with van der Waals surface area (Å²) in [5, 5.41) is 2.96. The first-order chi connectivity index (χ1) is 8.25. The third-order valence-corrected chi connectivity index (χ3v) is 2.25. The molecular formula is C12H9ClN2O2. The molecule has 4 nitrogen and oxygen atoms in total. The van der Waals surface area contributed by atoms with E-state index in [1.54, 1.807) is 36.5 Å². The number of furan rings is 1. The molecule has 0 saturated heterocycles. The lowest BCUT2D eigenvalue weighted by Gasteiger charge is -2.01. The second-order valence-electron chi connectivity index (χ2n) is 3.17. The van der Waals surface area contributed by atoms with Gasteiger partial charge in [0.2, 0.25) is 5.91 Å². The van der Waals surface area contributed by atoms with Gasteiger partial charge >= 0.3 is 0 Å². The molecule has 2 heterocycles. The molecule has 0 atom stereocenters. The molecule has 0 spiro atoms. The van der Waals surface area contributed by atoms with E-state index in [9.17, 15) is 4.79 Å². The maximum Gasteiger partial charge on any atom is 0.249 e. The first kappa shape index (κ1) is 11.4. The third-order valence-electron chi connectivity index (χ3n) is 1.94. The highest BCUT2D eigenvalue weighted by molar-refractivity contribution is 6.33. The minimum absolute atomic E-state index is 0.318. The number of anilines is 1. The van der Waals surface area contributed by atoms with E-state index < -0.39 is 0 Å². The zero-order chi connectivity index (χ0) is 12.1. The second kappa shape index (κ2) is 5.32. The Morgan fingerprint density at radius 3 is 3.00 bits per heavy atom. The minimum atomic E-state index is -0.318. The fourth-order valence-electron chi connectivity index (χ4n) is 1.18. The van der Waals surface area contributed by atoms with E-state index in [1.165, 1.54) is 12.3 Å². The molecule has 0 aliphatic carbocycles. The molecule has 86 valence electrons. The maximum atomic E-state index is 11.5. The molecule has 5 heteroatoms. The Labute approximate surface area is 103 Å². The number of hydrogen-bond donors (Lipinski definition) is 1. The number of halogens is 1. The van der Waals surface area contributed by atoms with Crippen molar-refractivity contribution in [3.63, 3.8) is 0 Å². The Bertz CT molecular complexity index is 535. The SMILES string of the molecule is O=C(/C=C/c1ccco1)Nc1ncccc1Cl. The summed E-state index contributed by atoms with van der Waals surface area (Å²) in [6.45, 7) is 0. The Kier molecular flexibility index (Phi) is 3.57. The average Bonchev–Trinajstić information content (AvgIpc) is 2.82. The summed E-state index contributed by atoms with van der Waals surface area (Å²) in [5.74, 6) is 0.623. The predicted octanol–water partition coefficient (Wildman–Crippen LogP) is 2.98. The number of aromatic nitrogens is 1. The molecule has 0 aliphatic heterocycles. The molecular weight excluding hydrogens is 240 g/mol. The van der Waals surface area contributed by atoms with Crippen molar-refractivity contribution in [1.29, 1.82) is 0 Å². The Morgan fingerprint density at radius 1 is 1.41 bits per heavy atom. The van der Waals surface area contributed by atoms with E-state index in [2.05, 4.69) is 10.3 Å². The van der Waals surface area contributed by atoms with Crippen molar-refractivity contribution in [2.45, 2.75) is 0 Å². The monoisotopic (exact) mass is 248 g/mol. The molecule has 2 aromatic heterocycles. The van der Waals surface area contributed by atoms with Gasteiger partial charge in [0.05, 0.1) is 11.3 Å². The summed E-state index contributed by atoms with van der Waals surface area (Å²) in [4.78, 5) is 15.5. The van der Waals surface area contributed by atoms with Crippen LogP contribution in [0.3, 0.4) is 0 Å². The number of carbonyl (C=O) groups excluding carboxylic acids is 1. The summed E-state index contributed by atoms with van der Waals surface area (Å²) < 4.78 is 5.05. The lowest BCUT2D eigenvalue weighted by Crippen LogP contribution is -2.09. The molecule has 0 fully saturated rings. The van der Waals surface area contributed by atoms with Gasteiger partial charge in [-0.2, -0.15) is 0 Å². The van der Waals surface area contributed by atoms with Crippen molar-refractivity contribution in [3.05, 3.63) is 53.6 Å². The van der Waals surface area contributed by atoms with Crippen molar-refractivity contribution in [2.24, 2.45) is 0 Å². The largest absolute Gasteiger partial charge is 0.465 e. The minimum Gasteiger partial charge on any atom is -0.465 e. The van der Waals surface area contributed by atoms with Crippen LogP contribution in [0.4, 0.5) is 5.82 Å². The second-order valence-corrected chi connectivity index (χ2v) is 3.58. The van der Waals surface area contributed by atoms with Crippen molar-refractivity contribution >= 4 is 29.4 Å². The summed E-state index contributed by atoms with van der Waals surface area (Å²) in [6, 6.07) is 6.84. The van der Waals surface area contributed by atoms with Crippen LogP contribution in [0.2, 0.25) is 5.02 Å². The smallest absolute Gasteiger partial charge is 0.249 e. The van der Waals surface area contributed by atoms with E-state index in [1.807, 2.05) is 0 Å². The fourth-order valence-corrected chi connectivity index (χ4v) is 1.35. The van der Waals surface area contributed by atoms with Crippen molar-refractivity contribution < 1.29 is 9.21 Å². The number of nitrogens with zero attached hydrogens (tertiary/aromatic N) is 1. The zero-order valence-electron chi connectivity index (χ0n) is 8.76. The third kappa shape index (κ3) is 3.19. The zero-order valence-corrected chi connectivity index (χ0v) is 9.52. The van der Waals surface area contributed by atoms with Crippen molar-refractivity contribution in [1.82, 2.24) is 4.98 Å². The number of rotatable bonds is 3. The highest BCUT2D eigenvalue weighted by Gasteiger charge is 2.03. The van der Waals surface area contributed by atoms with Crippen LogP contribution >= 0.6 is 11.6 Å². The van der Waals surface area contributed by atoms with E-state index in [0.717, 1.165) is 0 Å². The first-order valence-electron chi connectivity index (χ1n) is 4.89. The number of amides is 1. The van der Waals surface area contributed by atoms with Gasteiger partial charge < -0.3 is 9.73 Å². The van der Waals surface area contributed by atoms with Crippen molar-refractivity contribution in [2.75, 3.05) is 5.32 Å². The highest BCUT2D eigenvalue weighted by atomic mass is 35.5.